The molecular formula is C18H15NNa2O7S. The molecule has 1 aliphatic carbocycles. The van der Waals surface area contributed by atoms with E-state index in [0.29, 0.717) is 0 Å². The molecule has 0 bridgehead atoms. The normalized spacial score (nSPS) is 13.1. The van der Waals surface area contributed by atoms with Gasteiger partial charge in [-0.15, -0.1) is 0 Å². The fourth-order valence-corrected chi connectivity index (χ4v) is 3.78. The zero-order valence-electron chi connectivity index (χ0n) is 16.0. The summed E-state index contributed by atoms with van der Waals surface area (Å²) in [6.07, 6.45) is -1.14. The first kappa shape index (κ1) is 26.1. The third-order valence-corrected chi connectivity index (χ3v) is 5.03. The average molecular weight is 435 g/mol. The first-order valence-corrected chi connectivity index (χ1v) is 9.60. The van der Waals surface area contributed by atoms with Gasteiger partial charge in [0.15, 0.2) is 0 Å². The molecule has 142 valence electrons. The minimum Gasteiger partial charge on any atom is -0.748 e. The van der Waals surface area contributed by atoms with E-state index < -0.39 is 34.0 Å². The second-order valence-electron chi connectivity index (χ2n) is 6.07. The number of benzene rings is 2. The van der Waals surface area contributed by atoms with Crippen LogP contribution >= 0.6 is 0 Å². The summed E-state index contributed by atoms with van der Waals surface area (Å²) in [5.41, 5.74) is 3.97. The van der Waals surface area contributed by atoms with Crippen LogP contribution in [-0.2, 0) is 19.6 Å². The van der Waals surface area contributed by atoms with Crippen LogP contribution in [0.4, 0.5) is 4.79 Å². The van der Waals surface area contributed by atoms with Crippen molar-refractivity contribution in [1.29, 1.82) is 0 Å². The molecule has 3 rings (SSSR count). The molecule has 0 radical (unpaired) electrons. The van der Waals surface area contributed by atoms with Crippen molar-refractivity contribution in [1.82, 2.24) is 5.32 Å². The monoisotopic (exact) mass is 435 g/mol. The molecule has 1 aliphatic rings. The first-order valence-electron chi connectivity index (χ1n) is 8.02. The number of carboxylic acids is 1. The summed E-state index contributed by atoms with van der Waals surface area (Å²) < 4.78 is 37.3. The van der Waals surface area contributed by atoms with E-state index in [4.69, 9.17) is 4.74 Å². The smallest absolute Gasteiger partial charge is 0.748 e. The van der Waals surface area contributed by atoms with Crippen molar-refractivity contribution in [2.24, 2.45) is 0 Å². The maximum Gasteiger partial charge on any atom is 1.00 e. The number of carboxylic acid groups (broad SMARTS) is 1. The summed E-state index contributed by atoms with van der Waals surface area (Å²) in [6.45, 7) is -0.0796. The van der Waals surface area contributed by atoms with Gasteiger partial charge in [-0.3, -0.25) is 0 Å². The van der Waals surface area contributed by atoms with Crippen LogP contribution in [-0.4, -0.2) is 43.4 Å². The first-order chi connectivity index (χ1) is 12.8. The molecule has 0 fully saturated rings. The van der Waals surface area contributed by atoms with Gasteiger partial charge in [0.05, 0.1) is 27.9 Å². The molecule has 0 saturated carbocycles. The standard InChI is InChI=1S/C18H17NO7S.2Na/c20-17(21)16(10-27(23,24)25)19-18(22)26-9-15-13-7-3-1-5-11(13)12-6-2-4-8-14(12)15;;/h1-8,15-16H,9-10H2,(H,19,22)(H,20,21)(H,23,24,25);;/q;2*+1/p-2/t16-;;/m0../s1. The van der Waals surface area contributed by atoms with Gasteiger partial charge in [0.25, 0.3) is 0 Å². The van der Waals surface area contributed by atoms with E-state index in [-0.39, 0.29) is 71.6 Å². The fourth-order valence-electron chi connectivity index (χ4n) is 3.16. The molecule has 8 nitrogen and oxygen atoms in total. The zero-order valence-corrected chi connectivity index (χ0v) is 20.8. The second-order valence-corrected chi connectivity index (χ2v) is 7.51. The van der Waals surface area contributed by atoms with Crippen molar-refractivity contribution in [3.63, 3.8) is 0 Å². The van der Waals surface area contributed by atoms with Crippen molar-refractivity contribution in [2.45, 2.75) is 12.0 Å². The van der Waals surface area contributed by atoms with Crippen LogP contribution in [0.1, 0.15) is 17.0 Å². The summed E-state index contributed by atoms with van der Waals surface area (Å²) in [5.74, 6) is -3.45. The van der Waals surface area contributed by atoms with E-state index in [1.807, 2.05) is 53.8 Å². The van der Waals surface area contributed by atoms with E-state index in [9.17, 15) is 27.7 Å². The largest absolute Gasteiger partial charge is 1.00 e. The number of fused-ring (bicyclic) bond motifs is 3. The summed E-state index contributed by atoms with van der Waals surface area (Å²) in [6, 6.07) is 13.3. The Hall–Kier alpha value is -0.910. The molecular weight excluding hydrogens is 420 g/mol. The number of amides is 1. The number of ether oxygens (including phenoxy) is 1. The molecule has 1 amide bonds. The Kier molecular flexibility index (Phi) is 9.84. The number of aliphatic carboxylic acids is 1. The van der Waals surface area contributed by atoms with Crippen molar-refractivity contribution in [3.05, 3.63) is 59.7 Å². The number of hydrogen-bond donors (Lipinski definition) is 1. The van der Waals surface area contributed by atoms with Gasteiger partial charge in [-0.05, 0) is 22.3 Å². The van der Waals surface area contributed by atoms with Gasteiger partial charge in [0, 0.05) is 5.92 Å². The molecule has 0 unspecified atom stereocenters. The topological polar surface area (TPSA) is 136 Å². The summed E-state index contributed by atoms with van der Waals surface area (Å²) in [7, 11) is -4.87. The predicted molar refractivity (Wildman–Crippen MR) is 91.6 cm³/mol. The maximum absolute atomic E-state index is 11.9. The van der Waals surface area contributed by atoms with Gasteiger partial charge in [-0.25, -0.2) is 13.2 Å². The average Bonchev–Trinajstić information content (AvgIpc) is 2.92. The van der Waals surface area contributed by atoms with Crippen molar-refractivity contribution in [3.8, 4) is 11.1 Å². The predicted octanol–water partition coefficient (Wildman–Crippen LogP) is -5.80. The van der Waals surface area contributed by atoms with Crippen LogP contribution < -0.4 is 69.5 Å². The number of carbonyl (C=O) groups excluding carboxylic acids is 2. The third-order valence-electron chi connectivity index (χ3n) is 4.29. The van der Waals surface area contributed by atoms with Crippen molar-refractivity contribution < 1.29 is 91.5 Å². The van der Waals surface area contributed by atoms with Gasteiger partial charge < -0.3 is 24.5 Å². The minimum absolute atomic E-state index is 0. The van der Waals surface area contributed by atoms with Crippen LogP contribution in [0.3, 0.4) is 0 Å². The Morgan fingerprint density at radius 2 is 1.48 bits per heavy atom. The van der Waals surface area contributed by atoms with Crippen LogP contribution in [0.5, 0.6) is 0 Å². The summed E-state index contributed by atoms with van der Waals surface area (Å²) in [4.78, 5) is 22.8. The number of alkyl carbamates (subject to hydrolysis) is 1. The quantitative estimate of drug-likeness (QED) is 0.353. The zero-order chi connectivity index (χ0) is 19.6. The van der Waals surface area contributed by atoms with Gasteiger partial charge in [0.1, 0.15) is 6.61 Å². The fraction of sp³-hybridized carbons (Fsp3) is 0.222. The number of nitrogens with one attached hydrogen (secondary N) is 1. The van der Waals surface area contributed by atoms with Crippen molar-refractivity contribution >= 4 is 22.2 Å². The number of rotatable bonds is 6. The Morgan fingerprint density at radius 1 is 1.00 bits per heavy atom. The van der Waals surface area contributed by atoms with E-state index >= 15 is 0 Å². The van der Waals surface area contributed by atoms with Gasteiger partial charge in [-0.2, -0.15) is 0 Å². The van der Waals surface area contributed by atoms with E-state index in [1.165, 1.54) is 0 Å². The summed E-state index contributed by atoms with van der Waals surface area (Å²) in [5, 5.41) is 12.8. The molecule has 2 aromatic rings. The van der Waals surface area contributed by atoms with E-state index in [2.05, 4.69) is 0 Å². The SMILES string of the molecule is O=C(N[C@@H](CS(=O)(=O)[O-])C(=O)[O-])OCC1c2ccccc2-c2ccccc21.[Na+].[Na+]. The van der Waals surface area contributed by atoms with Crippen LogP contribution in [0.2, 0.25) is 0 Å². The Labute approximate surface area is 212 Å². The van der Waals surface area contributed by atoms with Crippen LogP contribution in [0, 0.1) is 0 Å². The van der Waals surface area contributed by atoms with Gasteiger partial charge in [-0.1, -0.05) is 48.5 Å². The molecule has 0 spiro atoms. The molecule has 29 heavy (non-hydrogen) atoms. The molecule has 0 aromatic heterocycles. The van der Waals surface area contributed by atoms with Crippen molar-refractivity contribution in [2.75, 3.05) is 12.4 Å². The molecule has 0 saturated heterocycles. The molecule has 0 heterocycles. The van der Waals surface area contributed by atoms with Gasteiger partial charge in [0.2, 0.25) is 0 Å². The molecule has 0 aliphatic heterocycles. The number of carbonyl (C=O) groups is 2. The molecule has 1 atom stereocenters. The van der Waals surface area contributed by atoms with Crippen LogP contribution in [0.25, 0.3) is 11.1 Å². The van der Waals surface area contributed by atoms with E-state index in [1.54, 1.807) is 0 Å². The minimum atomic E-state index is -4.87. The molecule has 11 heteroatoms. The Morgan fingerprint density at radius 3 is 1.93 bits per heavy atom. The molecule has 1 N–H and O–H groups in total. The van der Waals surface area contributed by atoms with Gasteiger partial charge >= 0.3 is 65.2 Å². The van der Waals surface area contributed by atoms with Crippen LogP contribution in [0.15, 0.2) is 48.5 Å². The van der Waals surface area contributed by atoms with E-state index in [0.717, 1.165) is 22.3 Å². The Bertz CT molecular complexity index is 952. The molecule has 2 aromatic carbocycles. The maximum atomic E-state index is 11.9. The summed E-state index contributed by atoms with van der Waals surface area (Å²) >= 11 is 0. The third kappa shape index (κ3) is 6.53. The second kappa shape index (κ2) is 10.9. The Balaban J connectivity index is 0.00000210. The number of hydrogen-bond acceptors (Lipinski definition) is 7.